The molecule has 16 amide bonds. The van der Waals surface area contributed by atoms with Crippen LogP contribution in [0.2, 0.25) is 5.02 Å². The van der Waals surface area contributed by atoms with Gasteiger partial charge >= 0.3 is 17.9 Å². The van der Waals surface area contributed by atoms with Gasteiger partial charge in [-0.3, -0.25) is 115 Å². The molecule has 6 unspecified atom stereocenters. The van der Waals surface area contributed by atoms with Crippen LogP contribution >= 0.6 is 11.6 Å². The number of aromatic nitrogens is 4. The quantitative estimate of drug-likeness (QED) is 0.0202. The molecule has 48 nitrogen and oxygen atoms in total. The average Bonchev–Trinajstić information content (AvgIpc) is 1.66. The van der Waals surface area contributed by atoms with Gasteiger partial charge in [-0.15, -0.1) is 10.2 Å². The van der Waals surface area contributed by atoms with Crippen LogP contribution < -0.4 is 58.5 Å². The Labute approximate surface area is 824 Å². The molecule has 6 fully saturated rings. The zero-order valence-electron chi connectivity index (χ0n) is 77.7. The minimum absolute atomic E-state index is 0.0285. The van der Waals surface area contributed by atoms with E-state index in [2.05, 4.69) is 138 Å². The van der Waals surface area contributed by atoms with Crippen molar-refractivity contribution in [2.75, 3.05) is 36.1 Å². The molecule has 12 aliphatic rings. The highest BCUT2D eigenvalue weighted by atomic mass is 35.5. The number of aromatic hydroxyl groups is 2. The molecule has 16 N–H and O–H groups in total. The monoisotopic (exact) mass is 1990 g/mol. The number of carbonyl (C=O) groups is 19. The summed E-state index contributed by atoms with van der Waals surface area (Å²) >= 11 is 5.81. The number of aliphatic imine (C=N–C) groups is 2. The maximum atomic E-state index is 12.7. The summed E-state index contributed by atoms with van der Waals surface area (Å²) in [5.41, 5.74) is 9.77. The summed E-state index contributed by atoms with van der Waals surface area (Å²) in [6, 6.07) is 15.9. The number of amides is 16. The molecule has 14 heterocycles. The highest BCUT2D eigenvalue weighted by molar-refractivity contribution is 6.38. The first kappa shape index (κ1) is 105. The van der Waals surface area contributed by atoms with E-state index in [1.165, 1.54) is 31.4 Å². The number of azo groups is 1. The van der Waals surface area contributed by atoms with E-state index in [9.17, 15) is 101 Å². The lowest BCUT2D eigenvalue weighted by molar-refractivity contribution is -0.147. The fraction of sp³-hybridized carbons (Fsp3) is 0.295. The Kier molecular flexibility index (Phi) is 34.0. The number of allylic oxidation sites excluding steroid dienone is 6. The summed E-state index contributed by atoms with van der Waals surface area (Å²) in [7, 11) is 1.17. The van der Waals surface area contributed by atoms with Gasteiger partial charge in [-0.2, -0.15) is 20.4 Å². The van der Waals surface area contributed by atoms with Gasteiger partial charge in [0.1, 0.15) is 76.1 Å². The Morgan fingerprint density at radius 3 is 1.20 bits per heavy atom. The van der Waals surface area contributed by atoms with Gasteiger partial charge in [0.05, 0.1) is 13.3 Å². The number of aromatic amines is 1. The number of nitrogens with one attached hydrogen (secondary N) is 12. The van der Waals surface area contributed by atoms with E-state index >= 15 is 0 Å². The molecule has 144 heavy (non-hydrogen) atoms. The first-order valence-electron chi connectivity index (χ1n) is 44.7. The SMILES string of the molecule is C=C1CCC(N2C(=O)C=C(NCCCC(=O)O)C2=O)C(=O)N1.C=C1CCC(N2C(=O)C=C(NCCCCC(=O)O)C2=O)C(=O)N1.C=C1CCC(N2C(=O)C=C(Nc3ccc(C)c(C)c3)C2=O)C(=O)N1.C=C1CCC(N2C(=O)C=C(Nc3ccc(Cl)cc3)C2=O)C(=O)N1.C=C1CCC(N2C(=O)C=C(Nc3cccc(-c4cn[nH]n4)c3)C2=O)C(=O)N1.C=C1CCC(n2c(O)cc(N=C3N=NC(C(=O)OC)=N3)c2O)C(=O)N1. The maximum absolute atomic E-state index is 12.7. The number of imide groups is 5. The molecular formula is C95H99ClN24O24. The molecule has 6 saturated heterocycles. The standard InChI is InChI=1S/C18H16N6O3.C18H19N3O3.C16H14ClN3O3.C15H19N3O5.C14H14N6O5.C14H17N3O5/c1-10-5-6-15(17(26)20-10)24-16(25)8-13(18(24)27)21-12-4-2-3-11(7-12)14-9-19-23-22-14;1-10-4-6-13(8-11(10)2)20-14-9-16(22)21(18(14)24)15-7-5-12(3)19-17(15)23;1-9-2-7-13(15(22)18-9)20-14(21)8-12(16(20)23)19-11-5-3-10(17)4-6-11;1-9-5-6-11(14(22)17-9)18-12(19)8-10(15(18)23)16-7-3-2-4-13(20)21;1-6-3-4-8(11(22)15-6)20-9(21)5-7(12(20)23)16-14-17-10(18-19-14)13(24)25-2;1-8-4-5-10(13(21)16-8)17-11(18)7-9(14(17)22)15-6-2-3-12(19)20/h2-4,7-9,15,21H,1,5-6H2,(H,20,26)(H,19,22,23);4,6,8-9,15,20H,3,5,7H2,1-2H3,(H,19,23);3-6,8,13,19H,1-2,7H2,(H,18,22);8,11,16H,1-7H2,(H,17,22)(H,20,21);5,8,21,23H,1,3-4H2,2H3,(H,15,22);7,10,15H,1-6H2,(H,16,21)(H,19,20). The number of hydrogen-bond donors (Lipinski definition) is 16. The van der Waals surface area contributed by atoms with E-state index in [4.69, 9.17) is 21.8 Å². The van der Waals surface area contributed by atoms with Crippen LogP contribution in [-0.4, -0.2) is 240 Å². The molecule has 0 spiro atoms. The Hall–Kier alpha value is -18.0. The van der Waals surface area contributed by atoms with Crippen LogP contribution in [0.4, 0.5) is 22.7 Å². The molecule has 750 valence electrons. The van der Waals surface area contributed by atoms with Gasteiger partial charge in [0.2, 0.25) is 41.3 Å². The number of carbonyl (C=O) groups excluding carboxylic acids is 17. The number of amidine groups is 1. The first-order chi connectivity index (χ1) is 68.5. The molecule has 17 rings (SSSR count). The molecule has 12 aliphatic heterocycles. The van der Waals surface area contributed by atoms with Crippen LogP contribution in [0.3, 0.4) is 0 Å². The van der Waals surface area contributed by atoms with Crippen LogP contribution in [0.25, 0.3) is 11.3 Å². The van der Waals surface area contributed by atoms with Crippen molar-refractivity contribution < 1.29 is 116 Å². The number of guanidine groups is 1. The minimum atomic E-state index is -0.926. The minimum Gasteiger partial charge on any atom is -0.494 e. The molecule has 0 radical (unpaired) electrons. The van der Waals surface area contributed by atoms with E-state index in [-0.39, 0.29) is 83.0 Å². The zero-order valence-corrected chi connectivity index (χ0v) is 78.5. The number of carboxylic acids is 2. The van der Waals surface area contributed by atoms with E-state index in [0.29, 0.717) is 159 Å². The molecule has 6 atom stereocenters. The number of ether oxygens (including phenoxy) is 1. The van der Waals surface area contributed by atoms with Crippen molar-refractivity contribution in [2.45, 2.75) is 159 Å². The van der Waals surface area contributed by atoms with Crippen LogP contribution in [0.15, 0.2) is 232 Å². The van der Waals surface area contributed by atoms with Crippen molar-refractivity contribution >= 4 is 159 Å². The summed E-state index contributed by atoms with van der Waals surface area (Å²) in [6.45, 7) is 26.7. The van der Waals surface area contributed by atoms with Gasteiger partial charge in [-0.25, -0.2) is 9.79 Å². The number of rotatable bonds is 26. The van der Waals surface area contributed by atoms with Crippen LogP contribution in [0.5, 0.6) is 11.8 Å². The van der Waals surface area contributed by atoms with E-state index in [1.807, 2.05) is 38.1 Å². The third-order valence-electron chi connectivity index (χ3n) is 23.4. The number of nitrogens with zero attached hydrogens (tertiary/aromatic N) is 12. The van der Waals surface area contributed by atoms with Crippen molar-refractivity contribution in [3.8, 4) is 23.0 Å². The van der Waals surface area contributed by atoms with Gasteiger partial charge in [-0.05, 0) is 170 Å². The van der Waals surface area contributed by atoms with E-state index in [0.717, 1.165) is 63.6 Å². The number of piperidine rings is 6. The molecule has 0 aliphatic carbocycles. The maximum Gasteiger partial charge on any atom is 0.378 e. The molecule has 3 aromatic carbocycles. The smallest absolute Gasteiger partial charge is 0.378 e. The van der Waals surface area contributed by atoms with Crippen LogP contribution in [0, 0.1) is 13.8 Å². The number of carboxylic acid groups (broad SMARTS) is 2. The number of esters is 1. The number of anilines is 3. The number of halogens is 1. The Morgan fingerprint density at radius 1 is 0.451 bits per heavy atom. The molecule has 49 heteroatoms. The number of aryl methyl sites for hydroxylation is 2. The highest BCUT2D eigenvalue weighted by Crippen LogP contribution is 2.41. The topological polar surface area (TPSA) is 659 Å². The third kappa shape index (κ3) is 25.7. The van der Waals surface area contributed by atoms with Crippen molar-refractivity contribution in [1.82, 2.24) is 87.0 Å². The third-order valence-corrected chi connectivity index (χ3v) is 23.6. The van der Waals surface area contributed by atoms with Gasteiger partial charge in [0.15, 0.2) is 5.88 Å². The predicted octanol–water partition coefficient (Wildman–Crippen LogP) is 4.74. The molecular weight excluding hydrogens is 1900 g/mol. The predicted molar refractivity (Wildman–Crippen MR) is 510 cm³/mol. The fourth-order valence-corrected chi connectivity index (χ4v) is 16.0. The van der Waals surface area contributed by atoms with Crippen LogP contribution in [-0.2, 0) is 95.8 Å². The Bertz CT molecular complexity index is 6530. The van der Waals surface area contributed by atoms with Crippen molar-refractivity contribution in [2.24, 2.45) is 20.2 Å². The van der Waals surface area contributed by atoms with E-state index < -0.39 is 143 Å². The lowest BCUT2D eigenvalue weighted by atomic mass is 10.0. The molecule has 0 bridgehead atoms. The molecule has 5 aromatic rings. The summed E-state index contributed by atoms with van der Waals surface area (Å²) in [6.07, 6.45) is 14.3. The van der Waals surface area contributed by atoms with Crippen molar-refractivity contribution in [1.29, 1.82) is 0 Å². The largest absolute Gasteiger partial charge is 0.494 e. The van der Waals surface area contributed by atoms with Crippen LogP contribution in [0.1, 0.15) is 126 Å². The number of unbranched alkanes of at least 4 members (excludes halogenated alkanes) is 1. The summed E-state index contributed by atoms with van der Waals surface area (Å²) in [4.78, 5) is 240. The van der Waals surface area contributed by atoms with Crippen molar-refractivity contribution in [3.05, 3.63) is 228 Å². The normalized spacial score (nSPS) is 21.1. The number of methoxy groups -OCH3 is 1. The first-order valence-corrected chi connectivity index (χ1v) is 45.1. The lowest BCUT2D eigenvalue weighted by Gasteiger charge is -2.29. The zero-order chi connectivity index (χ0) is 104. The Morgan fingerprint density at radius 2 is 0.819 bits per heavy atom. The Balaban J connectivity index is 0.000000154. The number of hydrogen-bond acceptors (Lipinski definition) is 31. The van der Waals surface area contributed by atoms with E-state index in [1.54, 1.807) is 48.7 Å². The summed E-state index contributed by atoms with van der Waals surface area (Å²) in [5, 5.41) is 85.3. The van der Waals surface area contributed by atoms with Gasteiger partial charge in [0.25, 0.3) is 70.9 Å². The second-order valence-electron chi connectivity index (χ2n) is 33.7. The number of benzene rings is 3. The molecule has 0 saturated carbocycles. The second-order valence-corrected chi connectivity index (χ2v) is 34.1. The fourth-order valence-electron chi connectivity index (χ4n) is 15.9. The lowest BCUT2D eigenvalue weighted by Crippen LogP contribution is -2.52. The van der Waals surface area contributed by atoms with Crippen molar-refractivity contribution in [3.63, 3.8) is 0 Å². The molecule has 2 aromatic heterocycles. The number of H-pyrrole nitrogens is 1. The summed E-state index contributed by atoms with van der Waals surface area (Å²) < 4.78 is 5.51. The number of aliphatic carboxylic acids is 2. The highest BCUT2D eigenvalue weighted by Gasteiger charge is 2.48. The van der Waals surface area contributed by atoms with Gasteiger partial charge in [-0.1, -0.05) is 69.3 Å². The van der Waals surface area contributed by atoms with Gasteiger partial charge in [0, 0.05) is 124 Å². The summed E-state index contributed by atoms with van der Waals surface area (Å²) in [5.74, 6) is -11.4. The average molecular weight is 2000 g/mol. The second kappa shape index (κ2) is 46.6. The van der Waals surface area contributed by atoms with Gasteiger partial charge < -0.3 is 83.6 Å².